The maximum absolute atomic E-state index is 13.4. The number of nitro groups is 1. The third kappa shape index (κ3) is 3.04. The van der Waals surface area contributed by atoms with Crippen molar-refractivity contribution in [2.45, 2.75) is 0 Å². The largest absolute Gasteiger partial charge is 0.369 e. The zero-order valence-electron chi connectivity index (χ0n) is 9.06. The smallest absolute Gasteiger partial charge is 0.304 e. The zero-order valence-corrected chi connectivity index (χ0v) is 9.87. The Balaban J connectivity index is 0.00000144. The first kappa shape index (κ1) is 13.7. The molecule has 1 saturated heterocycles. The van der Waals surface area contributed by atoms with Crippen LogP contribution in [0.1, 0.15) is 0 Å². The van der Waals surface area contributed by atoms with Crippen LogP contribution in [0.25, 0.3) is 0 Å². The average Bonchev–Trinajstić information content (AvgIpc) is 2.29. The van der Waals surface area contributed by atoms with Crippen LogP contribution < -0.4 is 10.2 Å². The lowest BCUT2D eigenvalue weighted by Gasteiger charge is -2.29. The normalized spacial score (nSPS) is 15.2. The number of hydrogen-bond acceptors (Lipinski definition) is 4. The molecule has 1 heterocycles. The summed E-state index contributed by atoms with van der Waals surface area (Å²) >= 11 is 0. The topological polar surface area (TPSA) is 58.4 Å². The van der Waals surface area contributed by atoms with Crippen LogP contribution in [0.5, 0.6) is 0 Å². The fraction of sp³-hybridized carbons (Fsp3) is 0.400. The average molecular weight is 262 g/mol. The maximum atomic E-state index is 13.4. The highest BCUT2D eigenvalue weighted by atomic mass is 35.5. The number of anilines is 1. The van der Waals surface area contributed by atoms with Gasteiger partial charge < -0.3 is 10.2 Å². The lowest BCUT2D eigenvalue weighted by atomic mass is 10.2. The van der Waals surface area contributed by atoms with E-state index in [0.29, 0.717) is 5.69 Å². The second-order valence-corrected chi connectivity index (χ2v) is 3.63. The highest BCUT2D eigenvalue weighted by Crippen LogP contribution is 2.23. The van der Waals surface area contributed by atoms with Crippen LogP contribution in [0.15, 0.2) is 18.2 Å². The SMILES string of the molecule is Cl.O=[N+]([O-])c1ccc(N2CCNCC2)cc1F. The fourth-order valence-electron chi connectivity index (χ4n) is 1.76. The van der Waals surface area contributed by atoms with E-state index in [2.05, 4.69) is 5.32 Å². The summed E-state index contributed by atoms with van der Waals surface area (Å²) < 4.78 is 13.4. The third-order valence-corrected chi connectivity index (χ3v) is 2.61. The van der Waals surface area contributed by atoms with E-state index in [1.165, 1.54) is 12.1 Å². The van der Waals surface area contributed by atoms with Gasteiger partial charge in [-0.15, -0.1) is 12.4 Å². The highest BCUT2D eigenvalue weighted by molar-refractivity contribution is 5.85. The molecule has 0 atom stereocenters. The number of rotatable bonds is 2. The molecule has 0 radical (unpaired) electrons. The van der Waals surface area contributed by atoms with Gasteiger partial charge in [0.05, 0.1) is 4.92 Å². The van der Waals surface area contributed by atoms with Gasteiger partial charge in [0.15, 0.2) is 0 Å². The molecule has 7 heteroatoms. The van der Waals surface area contributed by atoms with Crippen molar-refractivity contribution in [3.05, 3.63) is 34.1 Å². The molecule has 17 heavy (non-hydrogen) atoms. The number of piperazine rings is 1. The molecule has 94 valence electrons. The van der Waals surface area contributed by atoms with Crippen molar-refractivity contribution in [3.8, 4) is 0 Å². The first-order valence-electron chi connectivity index (χ1n) is 5.08. The molecule has 5 nitrogen and oxygen atoms in total. The molecule has 1 fully saturated rings. The minimum atomic E-state index is -0.777. The van der Waals surface area contributed by atoms with E-state index in [-0.39, 0.29) is 12.4 Å². The van der Waals surface area contributed by atoms with Gasteiger partial charge in [0, 0.05) is 44.0 Å². The van der Waals surface area contributed by atoms with Crippen molar-refractivity contribution >= 4 is 23.8 Å². The van der Waals surface area contributed by atoms with Crippen molar-refractivity contribution in [2.75, 3.05) is 31.1 Å². The Morgan fingerprint density at radius 2 is 2.00 bits per heavy atom. The van der Waals surface area contributed by atoms with Crippen LogP contribution in [-0.4, -0.2) is 31.1 Å². The van der Waals surface area contributed by atoms with Gasteiger partial charge in [-0.1, -0.05) is 0 Å². The molecule has 0 aromatic heterocycles. The second kappa shape index (κ2) is 5.79. The second-order valence-electron chi connectivity index (χ2n) is 3.63. The van der Waals surface area contributed by atoms with E-state index in [9.17, 15) is 14.5 Å². The molecule has 1 aromatic carbocycles. The summed E-state index contributed by atoms with van der Waals surface area (Å²) in [6, 6.07) is 4.03. The molecule has 0 saturated carbocycles. The minimum absolute atomic E-state index is 0. The Hall–Kier alpha value is -1.40. The van der Waals surface area contributed by atoms with Crippen LogP contribution in [0.3, 0.4) is 0 Å². The van der Waals surface area contributed by atoms with Crippen molar-refractivity contribution in [1.29, 1.82) is 0 Å². The summed E-state index contributed by atoms with van der Waals surface area (Å²) in [5.74, 6) is -0.777. The first-order valence-corrected chi connectivity index (χ1v) is 5.08. The van der Waals surface area contributed by atoms with Gasteiger partial charge in [0.1, 0.15) is 0 Å². The predicted octanol–water partition coefficient (Wildman–Crippen LogP) is 1.57. The van der Waals surface area contributed by atoms with E-state index >= 15 is 0 Å². The van der Waals surface area contributed by atoms with Gasteiger partial charge >= 0.3 is 5.69 Å². The molecule has 0 amide bonds. The third-order valence-electron chi connectivity index (χ3n) is 2.61. The van der Waals surface area contributed by atoms with Crippen molar-refractivity contribution in [1.82, 2.24) is 5.32 Å². The molecule has 1 aliphatic rings. The van der Waals surface area contributed by atoms with Crippen molar-refractivity contribution in [3.63, 3.8) is 0 Å². The molecule has 0 aliphatic carbocycles. The monoisotopic (exact) mass is 261 g/mol. The summed E-state index contributed by atoms with van der Waals surface area (Å²) in [6.07, 6.45) is 0. The molecular weight excluding hydrogens is 249 g/mol. The first-order chi connectivity index (χ1) is 7.68. The number of benzene rings is 1. The number of nitro benzene ring substituents is 1. The molecule has 1 aliphatic heterocycles. The van der Waals surface area contributed by atoms with Crippen molar-refractivity contribution in [2.24, 2.45) is 0 Å². The van der Waals surface area contributed by atoms with E-state index < -0.39 is 16.4 Å². The van der Waals surface area contributed by atoms with Crippen LogP contribution in [0, 0.1) is 15.9 Å². The standard InChI is InChI=1S/C10H12FN3O2.ClH/c11-9-7-8(1-2-10(9)14(15)16)13-5-3-12-4-6-13;/h1-2,7,12H,3-6H2;1H. The number of halogens is 2. The van der Waals surface area contributed by atoms with Gasteiger partial charge in [-0.05, 0) is 6.07 Å². The lowest BCUT2D eigenvalue weighted by Crippen LogP contribution is -2.43. The van der Waals surface area contributed by atoms with E-state index in [4.69, 9.17) is 0 Å². The van der Waals surface area contributed by atoms with Gasteiger partial charge in [0.25, 0.3) is 0 Å². The molecule has 0 bridgehead atoms. The van der Waals surface area contributed by atoms with E-state index in [1.807, 2.05) is 4.90 Å². The molecule has 0 spiro atoms. The van der Waals surface area contributed by atoms with E-state index in [1.54, 1.807) is 6.07 Å². The van der Waals surface area contributed by atoms with Gasteiger partial charge in [0.2, 0.25) is 5.82 Å². The Morgan fingerprint density at radius 1 is 1.35 bits per heavy atom. The number of nitrogens with one attached hydrogen (secondary N) is 1. The summed E-state index contributed by atoms with van der Waals surface area (Å²) in [7, 11) is 0. The maximum Gasteiger partial charge on any atom is 0.304 e. The number of hydrogen-bond donors (Lipinski definition) is 1. The lowest BCUT2D eigenvalue weighted by molar-refractivity contribution is -0.387. The summed E-state index contributed by atoms with van der Waals surface area (Å²) in [5, 5.41) is 13.6. The number of nitrogens with zero attached hydrogens (tertiary/aromatic N) is 2. The fourth-order valence-corrected chi connectivity index (χ4v) is 1.76. The quantitative estimate of drug-likeness (QED) is 0.648. The van der Waals surface area contributed by atoms with Crippen LogP contribution in [0.2, 0.25) is 0 Å². The zero-order chi connectivity index (χ0) is 11.5. The van der Waals surface area contributed by atoms with Crippen molar-refractivity contribution < 1.29 is 9.31 Å². The van der Waals surface area contributed by atoms with Gasteiger partial charge in [-0.3, -0.25) is 10.1 Å². The minimum Gasteiger partial charge on any atom is -0.369 e. The Labute approximate surface area is 104 Å². The van der Waals surface area contributed by atoms with Crippen LogP contribution in [-0.2, 0) is 0 Å². The summed E-state index contributed by atoms with van der Waals surface area (Å²) in [4.78, 5) is 11.7. The molecule has 2 rings (SSSR count). The highest BCUT2D eigenvalue weighted by Gasteiger charge is 2.17. The Bertz CT molecular complexity index is 411. The Kier molecular flexibility index (Phi) is 4.65. The molecule has 1 aromatic rings. The summed E-state index contributed by atoms with van der Waals surface area (Å²) in [5.41, 5.74) is 0.225. The van der Waals surface area contributed by atoms with Gasteiger partial charge in [-0.25, -0.2) is 0 Å². The van der Waals surface area contributed by atoms with E-state index in [0.717, 1.165) is 26.2 Å². The molecule has 0 unspecified atom stereocenters. The molecule has 1 N–H and O–H groups in total. The van der Waals surface area contributed by atoms with Crippen LogP contribution in [0.4, 0.5) is 15.8 Å². The predicted molar refractivity (Wildman–Crippen MR) is 65.4 cm³/mol. The molecular formula is C10H13ClFN3O2. The van der Waals surface area contributed by atoms with Gasteiger partial charge in [-0.2, -0.15) is 4.39 Å². The van der Waals surface area contributed by atoms with Crippen LogP contribution >= 0.6 is 12.4 Å². The summed E-state index contributed by atoms with van der Waals surface area (Å²) in [6.45, 7) is 3.27. The Morgan fingerprint density at radius 3 is 2.53 bits per heavy atom.